The van der Waals surface area contributed by atoms with E-state index in [9.17, 15) is 0 Å². The summed E-state index contributed by atoms with van der Waals surface area (Å²) in [5.74, 6) is 0. The van der Waals surface area contributed by atoms with Crippen molar-refractivity contribution in [2.45, 2.75) is 13.5 Å². The summed E-state index contributed by atoms with van der Waals surface area (Å²) < 4.78 is 1.93. The van der Waals surface area contributed by atoms with Gasteiger partial charge in [-0.05, 0) is 13.0 Å². The first-order valence-electron chi connectivity index (χ1n) is 3.30. The molecule has 2 nitrogen and oxygen atoms in total. The zero-order valence-electron chi connectivity index (χ0n) is 6.33. The van der Waals surface area contributed by atoms with E-state index in [-0.39, 0.29) is 6.61 Å². The van der Waals surface area contributed by atoms with Crippen LogP contribution in [0.25, 0.3) is 0 Å². The average Bonchev–Trinajstić information content (AvgIpc) is 1.88. The monoisotopic (exact) mass is 138 g/mol. The number of hydrogen-bond donors (Lipinski definition) is 1. The summed E-state index contributed by atoms with van der Waals surface area (Å²) in [6.45, 7) is 2.14. The van der Waals surface area contributed by atoms with Gasteiger partial charge in [0.2, 0.25) is 5.69 Å². The van der Waals surface area contributed by atoms with Gasteiger partial charge in [-0.25, -0.2) is 4.57 Å². The van der Waals surface area contributed by atoms with Crippen molar-refractivity contribution in [3.05, 3.63) is 29.6 Å². The van der Waals surface area contributed by atoms with E-state index in [0.717, 1.165) is 5.69 Å². The fourth-order valence-electron chi connectivity index (χ4n) is 0.941. The van der Waals surface area contributed by atoms with Crippen LogP contribution >= 0.6 is 0 Å². The fraction of sp³-hybridized carbons (Fsp3) is 0.375. The molecule has 1 N–H and O–H groups in total. The Kier molecular flexibility index (Phi) is 2.02. The number of rotatable bonds is 1. The molecule has 2 heteroatoms. The predicted molar refractivity (Wildman–Crippen MR) is 38.3 cm³/mol. The number of aryl methyl sites for hydroxylation is 2. The molecule has 0 aliphatic carbocycles. The molecule has 0 fully saturated rings. The Morgan fingerprint density at radius 3 is 2.70 bits per heavy atom. The smallest absolute Gasteiger partial charge is 0.206 e. The molecule has 1 aromatic rings. The van der Waals surface area contributed by atoms with Gasteiger partial charge in [0.05, 0.1) is 0 Å². The van der Waals surface area contributed by atoms with Crippen LogP contribution in [0.5, 0.6) is 0 Å². The highest BCUT2D eigenvalue weighted by atomic mass is 16.3. The van der Waals surface area contributed by atoms with E-state index in [2.05, 4.69) is 0 Å². The van der Waals surface area contributed by atoms with Crippen molar-refractivity contribution >= 4 is 0 Å². The van der Waals surface area contributed by atoms with E-state index >= 15 is 0 Å². The SMILES string of the molecule is Cc1ccc(CO)[n+](C)c1. The van der Waals surface area contributed by atoms with Crippen LogP contribution in [0.3, 0.4) is 0 Å². The summed E-state index contributed by atoms with van der Waals surface area (Å²) in [5.41, 5.74) is 2.14. The fourth-order valence-corrected chi connectivity index (χ4v) is 0.941. The first-order valence-corrected chi connectivity index (χ1v) is 3.30. The third kappa shape index (κ3) is 1.33. The van der Waals surface area contributed by atoms with Crippen molar-refractivity contribution in [1.82, 2.24) is 0 Å². The summed E-state index contributed by atoms with van der Waals surface area (Å²) in [4.78, 5) is 0. The maximum absolute atomic E-state index is 8.79. The minimum atomic E-state index is 0.108. The Labute approximate surface area is 60.8 Å². The summed E-state index contributed by atoms with van der Waals surface area (Å²) >= 11 is 0. The van der Waals surface area contributed by atoms with Crippen LogP contribution in [0.2, 0.25) is 0 Å². The molecule has 0 atom stereocenters. The van der Waals surface area contributed by atoms with Gasteiger partial charge in [-0.1, -0.05) is 0 Å². The van der Waals surface area contributed by atoms with Gasteiger partial charge in [0, 0.05) is 11.6 Å². The van der Waals surface area contributed by atoms with E-state index in [0.29, 0.717) is 0 Å². The number of aromatic nitrogens is 1. The lowest BCUT2D eigenvalue weighted by atomic mass is 10.3. The maximum Gasteiger partial charge on any atom is 0.206 e. The van der Waals surface area contributed by atoms with E-state index in [1.54, 1.807) is 0 Å². The van der Waals surface area contributed by atoms with E-state index in [1.165, 1.54) is 5.56 Å². The van der Waals surface area contributed by atoms with Gasteiger partial charge in [0.15, 0.2) is 6.20 Å². The van der Waals surface area contributed by atoms with E-state index < -0.39 is 0 Å². The lowest BCUT2D eigenvalue weighted by Gasteiger charge is -1.95. The zero-order valence-corrected chi connectivity index (χ0v) is 6.33. The van der Waals surface area contributed by atoms with Crippen molar-refractivity contribution in [1.29, 1.82) is 0 Å². The van der Waals surface area contributed by atoms with Crippen LogP contribution in [0, 0.1) is 6.92 Å². The minimum absolute atomic E-state index is 0.108. The molecule has 0 spiro atoms. The number of aliphatic hydroxyl groups excluding tert-OH is 1. The highest BCUT2D eigenvalue weighted by Gasteiger charge is 2.02. The molecule has 0 unspecified atom stereocenters. The molecule has 1 aromatic heterocycles. The van der Waals surface area contributed by atoms with Crippen molar-refractivity contribution in [3.63, 3.8) is 0 Å². The molecule has 0 bridgehead atoms. The van der Waals surface area contributed by atoms with Gasteiger partial charge in [0.25, 0.3) is 0 Å². The topological polar surface area (TPSA) is 24.1 Å². The molecule has 0 saturated carbocycles. The predicted octanol–water partition coefficient (Wildman–Crippen LogP) is 0.312. The summed E-state index contributed by atoms with van der Waals surface area (Å²) in [7, 11) is 1.93. The molecule has 0 aromatic carbocycles. The van der Waals surface area contributed by atoms with Crippen molar-refractivity contribution in [3.8, 4) is 0 Å². The lowest BCUT2D eigenvalue weighted by molar-refractivity contribution is -0.681. The molecule has 0 radical (unpaired) electrons. The summed E-state index contributed by atoms with van der Waals surface area (Å²) in [6.07, 6.45) is 1.99. The summed E-state index contributed by atoms with van der Waals surface area (Å²) in [6, 6.07) is 3.92. The quantitative estimate of drug-likeness (QED) is 0.555. The molecule has 0 saturated heterocycles. The van der Waals surface area contributed by atoms with Crippen molar-refractivity contribution in [2.24, 2.45) is 7.05 Å². The van der Waals surface area contributed by atoms with Gasteiger partial charge in [-0.15, -0.1) is 0 Å². The minimum Gasteiger partial charge on any atom is -0.385 e. The average molecular weight is 138 g/mol. The second-order valence-corrected chi connectivity index (χ2v) is 2.47. The van der Waals surface area contributed by atoms with Crippen LogP contribution in [0.15, 0.2) is 18.3 Å². The summed E-state index contributed by atoms with van der Waals surface area (Å²) in [5, 5.41) is 8.79. The van der Waals surface area contributed by atoms with Crippen LogP contribution in [-0.2, 0) is 13.7 Å². The molecule has 1 heterocycles. The largest absolute Gasteiger partial charge is 0.385 e. The Hall–Kier alpha value is -0.890. The van der Waals surface area contributed by atoms with Crippen LogP contribution < -0.4 is 4.57 Å². The number of pyridine rings is 1. The molecule has 0 aliphatic rings. The maximum atomic E-state index is 8.79. The van der Waals surface area contributed by atoms with Gasteiger partial charge in [-0.2, -0.15) is 0 Å². The van der Waals surface area contributed by atoms with E-state index in [4.69, 9.17) is 5.11 Å². The first-order chi connectivity index (χ1) is 4.74. The highest BCUT2D eigenvalue weighted by molar-refractivity contribution is 5.06. The molecule has 54 valence electrons. The Balaban J connectivity index is 3.07. The van der Waals surface area contributed by atoms with Crippen molar-refractivity contribution in [2.75, 3.05) is 0 Å². The van der Waals surface area contributed by atoms with Crippen LogP contribution in [0.1, 0.15) is 11.3 Å². The Bertz CT molecular complexity index is 233. The normalized spacial score (nSPS) is 9.90. The van der Waals surface area contributed by atoms with Gasteiger partial charge >= 0.3 is 0 Å². The van der Waals surface area contributed by atoms with Gasteiger partial charge in [0.1, 0.15) is 13.7 Å². The van der Waals surface area contributed by atoms with Crippen molar-refractivity contribution < 1.29 is 9.67 Å². The molecule has 0 amide bonds. The third-order valence-corrected chi connectivity index (χ3v) is 1.55. The number of nitrogens with zero attached hydrogens (tertiary/aromatic N) is 1. The molecular formula is C8H12NO+. The van der Waals surface area contributed by atoms with E-state index in [1.807, 2.05) is 36.9 Å². The Morgan fingerprint density at radius 2 is 2.20 bits per heavy atom. The number of hydrogen-bond acceptors (Lipinski definition) is 1. The zero-order chi connectivity index (χ0) is 7.56. The highest BCUT2D eigenvalue weighted by Crippen LogP contribution is 1.94. The van der Waals surface area contributed by atoms with Gasteiger partial charge in [-0.3, -0.25) is 0 Å². The molecule has 1 rings (SSSR count). The second kappa shape index (κ2) is 2.80. The van der Waals surface area contributed by atoms with Gasteiger partial charge < -0.3 is 5.11 Å². The molecular weight excluding hydrogens is 126 g/mol. The number of aliphatic hydroxyl groups is 1. The Morgan fingerprint density at radius 1 is 1.50 bits per heavy atom. The first kappa shape index (κ1) is 7.22. The van der Waals surface area contributed by atoms with Crippen LogP contribution in [0.4, 0.5) is 0 Å². The third-order valence-electron chi connectivity index (χ3n) is 1.55. The second-order valence-electron chi connectivity index (χ2n) is 2.47. The standard InChI is InChI=1S/C8H12NO/c1-7-3-4-8(6-10)9(2)5-7/h3-5,10H,6H2,1-2H3/q+1. The molecule has 10 heavy (non-hydrogen) atoms. The van der Waals surface area contributed by atoms with Crippen LogP contribution in [-0.4, -0.2) is 5.11 Å². The molecule has 0 aliphatic heterocycles. The lowest BCUT2D eigenvalue weighted by Crippen LogP contribution is -2.33.